The van der Waals surface area contributed by atoms with Crippen molar-refractivity contribution in [1.29, 1.82) is 0 Å². The molecule has 0 bridgehead atoms. The predicted molar refractivity (Wildman–Crippen MR) is 106 cm³/mol. The molecule has 0 atom stereocenters. The van der Waals surface area contributed by atoms with Crippen molar-refractivity contribution in [2.75, 3.05) is 0 Å². The Hall–Kier alpha value is -2.33. The zero-order valence-electron chi connectivity index (χ0n) is 16.0. The number of rotatable bonds is 2. The third kappa shape index (κ3) is 3.34. The fourth-order valence-corrected chi connectivity index (χ4v) is 3.61. The molecule has 2 heterocycles. The van der Waals surface area contributed by atoms with Gasteiger partial charge in [-0.3, -0.25) is 4.79 Å². The van der Waals surface area contributed by atoms with Crippen molar-refractivity contribution in [3.8, 4) is 22.6 Å². The number of hydrogen-bond donors (Lipinski definition) is 1. The minimum atomic E-state index is -0.108. The number of aromatic amines is 1. The van der Waals surface area contributed by atoms with E-state index in [-0.39, 0.29) is 10.8 Å². The van der Waals surface area contributed by atoms with E-state index in [9.17, 15) is 4.79 Å². The van der Waals surface area contributed by atoms with Crippen molar-refractivity contribution in [2.45, 2.75) is 47.0 Å². The molecule has 0 saturated heterocycles. The molecule has 2 aromatic heterocycles. The number of nitrogens with one attached hydrogen (secondary N) is 1. The molecule has 26 heavy (non-hydrogen) atoms. The van der Waals surface area contributed by atoms with E-state index in [1.54, 1.807) is 12.1 Å². The van der Waals surface area contributed by atoms with Crippen LogP contribution in [0.1, 0.15) is 43.3 Å². The number of aromatic nitrogens is 2. The summed E-state index contributed by atoms with van der Waals surface area (Å²) in [5, 5.41) is 4.57. The van der Waals surface area contributed by atoms with Gasteiger partial charge >= 0.3 is 0 Å². The largest absolute Gasteiger partial charge is 0.358 e. The van der Waals surface area contributed by atoms with Crippen LogP contribution in [0.3, 0.4) is 0 Å². The lowest BCUT2D eigenvalue weighted by Crippen LogP contribution is -2.13. The van der Waals surface area contributed by atoms with Gasteiger partial charge in [0.1, 0.15) is 0 Å². The Balaban J connectivity index is 2.15. The van der Waals surface area contributed by atoms with Crippen molar-refractivity contribution in [2.24, 2.45) is 0 Å². The summed E-state index contributed by atoms with van der Waals surface area (Å²) in [7, 11) is 0. The highest BCUT2D eigenvalue weighted by molar-refractivity contribution is 6.31. The number of aryl methyl sites for hydroxylation is 3. The SMILES string of the molecule is Cc1cc(-c2c(C)[nH]c(-c3cc(Cl)c(C(C)(C)C)cc3C)cc2=O)on1. The maximum Gasteiger partial charge on any atom is 0.193 e. The van der Waals surface area contributed by atoms with Crippen molar-refractivity contribution < 1.29 is 4.52 Å². The Kier molecular flexibility index (Phi) is 4.57. The molecule has 0 unspecified atom stereocenters. The van der Waals surface area contributed by atoms with Crippen molar-refractivity contribution in [3.63, 3.8) is 0 Å². The highest BCUT2D eigenvalue weighted by Crippen LogP contribution is 2.35. The van der Waals surface area contributed by atoms with E-state index in [2.05, 4.69) is 37.0 Å². The van der Waals surface area contributed by atoms with Crippen LogP contribution in [-0.2, 0) is 5.41 Å². The molecule has 0 radical (unpaired) electrons. The maximum atomic E-state index is 12.7. The molecular weight excluding hydrogens is 348 g/mol. The van der Waals surface area contributed by atoms with Crippen molar-refractivity contribution >= 4 is 11.6 Å². The first-order valence-corrected chi connectivity index (χ1v) is 8.94. The summed E-state index contributed by atoms with van der Waals surface area (Å²) in [6.07, 6.45) is 0. The average molecular weight is 371 g/mol. The first-order valence-electron chi connectivity index (χ1n) is 8.56. The van der Waals surface area contributed by atoms with Crippen LogP contribution in [0, 0.1) is 20.8 Å². The number of hydrogen-bond acceptors (Lipinski definition) is 3. The molecule has 0 fully saturated rings. The Bertz CT molecular complexity index is 1040. The Morgan fingerprint density at radius 1 is 1.08 bits per heavy atom. The Labute approximate surface area is 158 Å². The molecule has 0 aliphatic carbocycles. The molecule has 4 nitrogen and oxygen atoms in total. The summed E-state index contributed by atoms with van der Waals surface area (Å²) in [6.45, 7) is 12.1. The van der Waals surface area contributed by atoms with Crippen LogP contribution >= 0.6 is 11.6 Å². The van der Waals surface area contributed by atoms with Gasteiger partial charge in [0.05, 0.1) is 11.3 Å². The quantitative estimate of drug-likeness (QED) is 0.641. The standard InChI is InChI=1S/C21H23ClN2O2/c1-11-7-15(21(4,5)6)16(22)9-14(11)17-10-18(25)20(13(3)23-17)19-8-12(2)24-26-19/h7-10H,1-6H3,(H,23,25). The molecule has 5 heteroatoms. The minimum Gasteiger partial charge on any atom is -0.358 e. The lowest BCUT2D eigenvalue weighted by Gasteiger charge is -2.22. The van der Waals surface area contributed by atoms with E-state index in [1.807, 2.05) is 26.8 Å². The third-order valence-electron chi connectivity index (χ3n) is 4.51. The van der Waals surface area contributed by atoms with Crippen molar-refractivity contribution in [1.82, 2.24) is 10.1 Å². The molecule has 0 saturated carbocycles. The summed E-state index contributed by atoms with van der Waals surface area (Å²) in [5.74, 6) is 0.477. The van der Waals surface area contributed by atoms with Gasteiger partial charge in [-0.25, -0.2) is 0 Å². The van der Waals surface area contributed by atoms with Crippen LogP contribution in [0.25, 0.3) is 22.6 Å². The van der Waals surface area contributed by atoms with E-state index in [0.29, 0.717) is 16.3 Å². The first-order chi connectivity index (χ1) is 12.1. The van der Waals surface area contributed by atoms with E-state index >= 15 is 0 Å². The molecule has 1 aromatic carbocycles. The van der Waals surface area contributed by atoms with Gasteiger partial charge in [-0.2, -0.15) is 0 Å². The van der Waals surface area contributed by atoms with Gasteiger partial charge in [0.2, 0.25) is 0 Å². The molecule has 0 aliphatic rings. The first kappa shape index (κ1) is 18.5. The molecule has 3 rings (SSSR count). The third-order valence-corrected chi connectivity index (χ3v) is 4.82. The normalized spacial score (nSPS) is 11.8. The van der Waals surface area contributed by atoms with Crippen molar-refractivity contribution in [3.05, 3.63) is 62.0 Å². The molecule has 0 aliphatic heterocycles. The second-order valence-corrected chi connectivity index (χ2v) is 8.18. The minimum absolute atomic E-state index is 0.0439. The summed E-state index contributed by atoms with van der Waals surface area (Å²) in [4.78, 5) is 16.0. The van der Waals surface area contributed by atoms with Crippen LogP contribution in [0.5, 0.6) is 0 Å². The fourth-order valence-electron chi connectivity index (χ4n) is 3.17. The van der Waals surface area contributed by atoms with E-state index in [4.69, 9.17) is 16.1 Å². The van der Waals surface area contributed by atoms with Crippen LogP contribution in [0.4, 0.5) is 0 Å². The highest BCUT2D eigenvalue weighted by atomic mass is 35.5. The Morgan fingerprint density at radius 2 is 1.77 bits per heavy atom. The van der Waals surface area contributed by atoms with Crippen LogP contribution in [-0.4, -0.2) is 10.1 Å². The molecule has 3 aromatic rings. The zero-order valence-corrected chi connectivity index (χ0v) is 16.7. The molecule has 0 amide bonds. The van der Waals surface area contributed by atoms with Gasteiger partial charge in [-0.05, 0) is 43.4 Å². The average Bonchev–Trinajstić information content (AvgIpc) is 2.93. The van der Waals surface area contributed by atoms with Crippen LogP contribution in [0.15, 0.2) is 33.6 Å². The summed E-state index contributed by atoms with van der Waals surface area (Å²) < 4.78 is 5.26. The van der Waals surface area contributed by atoms with E-state index < -0.39 is 0 Å². The fraction of sp³-hybridized carbons (Fsp3) is 0.333. The number of nitrogens with zero attached hydrogens (tertiary/aromatic N) is 1. The van der Waals surface area contributed by atoms with Gasteiger partial charge in [0.15, 0.2) is 11.2 Å². The number of pyridine rings is 1. The van der Waals surface area contributed by atoms with Gasteiger partial charge in [0, 0.05) is 34.1 Å². The Morgan fingerprint density at radius 3 is 2.31 bits per heavy atom. The number of halogens is 1. The topological polar surface area (TPSA) is 58.9 Å². The molecule has 0 spiro atoms. The molecule has 1 N–H and O–H groups in total. The van der Waals surface area contributed by atoms with Crippen LogP contribution < -0.4 is 5.43 Å². The maximum absolute atomic E-state index is 12.7. The van der Waals surface area contributed by atoms with E-state index in [0.717, 1.165) is 33.8 Å². The lowest BCUT2D eigenvalue weighted by molar-refractivity contribution is 0.426. The highest BCUT2D eigenvalue weighted by Gasteiger charge is 2.20. The second-order valence-electron chi connectivity index (χ2n) is 7.78. The van der Waals surface area contributed by atoms with Gasteiger partial charge in [-0.15, -0.1) is 0 Å². The lowest BCUT2D eigenvalue weighted by atomic mass is 9.85. The van der Waals surface area contributed by atoms with Gasteiger partial charge in [0.25, 0.3) is 0 Å². The monoisotopic (exact) mass is 370 g/mol. The summed E-state index contributed by atoms with van der Waals surface area (Å²) >= 11 is 6.53. The second kappa shape index (κ2) is 6.44. The molecule has 136 valence electrons. The van der Waals surface area contributed by atoms with Gasteiger partial charge in [-0.1, -0.05) is 43.6 Å². The smallest absolute Gasteiger partial charge is 0.193 e. The predicted octanol–water partition coefficient (Wildman–Crippen LogP) is 5.57. The van der Waals surface area contributed by atoms with E-state index in [1.165, 1.54) is 0 Å². The summed E-state index contributed by atoms with van der Waals surface area (Å²) in [5.41, 5.74) is 5.65. The molecular formula is C21H23ClN2O2. The van der Waals surface area contributed by atoms with Gasteiger partial charge < -0.3 is 9.51 Å². The number of benzene rings is 1. The van der Waals surface area contributed by atoms with Crippen LogP contribution in [0.2, 0.25) is 5.02 Å². The summed E-state index contributed by atoms with van der Waals surface area (Å²) in [6, 6.07) is 7.38. The number of H-pyrrole nitrogens is 1. The zero-order chi connectivity index (χ0) is 19.2.